The number of nitrogens with zero attached hydrogens (tertiary/aromatic N) is 2. The molecule has 1 rings (SSSR count). The monoisotopic (exact) mass is 249 g/mol. The van der Waals surface area contributed by atoms with Crippen LogP contribution in [-0.4, -0.2) is 4.57 Å². The van der Waals surface area contributed by atoms with Crippen LogP contribution in [0.5, 0.6) is 0 Å². The summed E-state index contributed by atoms with van der Waals surface area (Å²) < 4.78 is 4.37. The van der Waals surface area contributed by atoms with Crippen LogP contribution < -0.4 is 4.57 Å². The van der Waals surface area contributed by atoms with E-state index in [2.05, 4.69) is 41.5 Å². The van der Waals surface area contributed by atoms with Gasteiger partial charge < -0.3 is 0 Å². The third-order valence-corrected chi connectivity index (χ3v) is 3.40. The van der Waals surface area contributed by atoms with Crippen LogP contribution in [0.1, 0.15) is 57.8 Å². The van der Waals surface area contributed by atoms with Crippen LogP contribution in [0.25, 0.3) is 0 Å². The zero-order chi connectivity index (χ0) is 13.1. The molecular weight excluding hydrogens is 220 g/mol. The Bertz CT molecular complexity index is 315. The van der Waals surface area contributed by atoms with Gasteiger partial charge in [0.15, 0.2) is 0 Å². The van der Waals surface area contributed by atoms with Crippen molar-refractivity contribution >= 4 is 0 Å². The number of unbranched alkanes of at least 4 members (excludes halogenated alkanes) is 8. The predicted molar refractivity (Wildman–Crippen MR) is 77.4 cm³/mol. The fourth-order valence-electron chi connectivity index (χ4n) is 2.28. The Labute approximate surface area is 112 Å². The van der Waals surface area contributed by atoms with Gasteiger partial charge in [-0.25, -0.2) is 9.13 Å². The number of aryl methyl sites for hydroxylation is 2. The van der Waals surface area contributed by atoms with Crippen molar-refractivity contribution in [2.75, 3.05) is 0 Å². The highest BCUT2D eigenvalue weighted by Crippen LogP contribution is 2.10. The van der Waals surface area contributed by atoms with Gasteiger partial charge in [-0.15, -0.1) is 6.58 Å². The summed E-state index contributed by atoms with van der Waals surface area (Å²) in [4.78, 5) is 0. The van der Waals surface area contributed by atoms with Gasteiger partial charge in [-0.05, 0) is 25.7 Å². The lowest BCUT2D eigenvalue weighted by molar-refractivity contribution is -0.671. The molecule has 0 aromatic carbocycles. The number of hydrogen-bond acceptors (Lipinski definition) is 0. The standard InChI is InChI=1S/C16H29N2/c1-3-4-5-6-7-8-9-10-11-12-13-18-15-14-17(2)16-18/h3,14-16H,1,4-13H2,2H3/q+1. The summed E-state index contributed by atoms with van der Waals surface area (Å²) in [6.45, 7) is 4.92. The highest BCUT2D eigenvalue weighted by Gasteiger charge is 1.99. The van der Waals surface area contributed by atoms with Crippen LogP contribution in [0.3, 0.4) is 0 Å². The summed E-state index contributed by atoms with van der Waals surface area (Å²) in [6, 6.07) is 0. The van der Waals surface area contributed by atoms with Gasteiger partial charge in [0.25, 0.3) is 0 Å². The molecule has 0 amide bonds. The van der Waals surface area contributed by atoms with Gasteiger partial charge in [0, 0.05) is 0 Å². The Balaban J connectivity index is 1.83. The summed E-state index contributed by atoms with van der Waals surface area (Å²) in [7, 11) is 2.07. The third-order valence-electron chi connectivity index (χ3n) is 3.40. The van der Waals surface area contributed by atoms with Crippen molar-refractivity contribution in [1.29, 1.82) is 0 Å². The van der Waals surface area contributed by atoms with E-state index in [0.717, 1.165) is 0 Å². The quantitative estimate of drug-likeness (QED) is 0.318. The third kappa shape index (κ3) is 7.31. The van der Waals surface area contributed by atoms with E-state index in [0.29, 0.717) is 0 Å². The first-order valence-electron chi connectivity index (χ1n) is 7.45. The summed E-state index contributed by atoms with van der Waals surface area (Å²) in [5.41, 5.74) is 0. The van der Waals surface area contributed by atoms with Crippen molar-refractivity contribution in [2.45, 2.75) is 64.3 Å². The normalized spacial score (nSPS) is 10.7. The molecule has 0 N–H and O–H groups in total. The van der Waals surface area contributed by atoms with E-state index in [-0.39, 0.29) is 0 Å². The first kappa shape index (κ1) is 15.0. The Kier molecular flexibility index (Phi) is 8.28. The second-order valence-corrected chi connectivity index (χ2v) is 5.22. The van der Waals surface area contributed by atoms with Crippen LogP contribution in [0.4, 0.5) is 0 Å². The second-order valence-electron chi connectivity index (χ2n) is 5.22. The van der Waals surface area contributed by atoms with Crippen molar-refractivity contribution in [3.63, 3.8) is 0 Å². The molecule has 0 radical (unpaired) electrons. The molecule has 1 heterocycles. The summed E-state index contributed by atoms with van der Waals surface area (Å²) in [5, 5.41) is 0. The average molecular weight is 249 g/mol. The van der Waals surface area contributed by atoms with Crippen molar-refractivity contribution in [1.82, 2.24) is 4.57 Å². The van der Waals surface area contributed by atoms with E-state index in [4.69, 9.17) is 0 Å². The summed E-state index contributed by atoms with van der Waals surface area (Å²) >= 11 is 0. The van der Waals surface area contributed by atoms with Gasteiger partial charge >= 0.3 is 0 Å². The highest BCUT2D eigenvalue weighted by atomic mass is 15.1. The fraction of sp³-hybridized carbons (Fsp3) is 0.688. The minimum absolute atomic E-state index is 1.17. The molecule has 0 unspecified atom stereocenters. The SMILES string of the molecule is C=CCCCCCCCCCCn1cc[n+](C)c1. The molecule has 0 aliphatic carbocycles. The molecular formula is C16H29N2+. The minimum Gasteiger partial charge on any atom is -0.240 e. The first-order chi connectivity index (χ1) is 8.83. The molecule has 1 aromatic rings. The maximum atomic E-state index is 3.75. The smallest absolute Gasteiger partial charge is 0.240 e. The lowest BCUT2D eigenvalue weighted by Crippen LogP contribution is -2.23. The summed E-state index contributed by atoms with van der Waals surface area (Å²) in [5.74, 6) is 0. The number of imidazole rings is 1. The van der Waals surface area contributed by atoms with Crippen molar-refractivity contribution < 1.29 is 4.57 Å². The molecule has 0 aliphatic heterocycles. The van der Waals surface area contributed by atoms with E-state index < -0.39 is 0 Å². The Morgan fingerprint density at radius 1 is 1.00 bits per heavy atom. The topological polar surface area (TPSA) is 8.81 Å². The molecule has 0 fully saturated rings. The first-order valence-corrected chi connectivity index (χ1v) is 7.45. The zero-order valence-electron chi connectivity index (χ0n) is 12.0. The second kappa shape index (κ2) is 9.93. The van der Waals surface area contributed by atoms with Crippen LogP contribution in [0.15, 0.2) is 31.4 Å². The summed E-state index contributed by atoms with van der Waals surface area (Å²) in [6.07, 6.45) is 20.6. The van der Waals surface area contributed by atoms with E-state index in [1.54, 1.807) is 0 Å². The van der Waals surface area contributed by atoms with Gasteiger partial charge in [0.05, 0.1) is 13.6 Å². The van der Waals surface area contributed by atoms with Gasteiger partial charge in [-0.3, -0.25) is 0 Å². The number of aromatic nitrogens is 2. The molecule has 0 saturated carbocycles. The van der Waals surface area contributed by atoms with Gasteiger partial charge in [-0.2, -0.15) is 0 Å². The molecule has 2 nitrogen and oxygen atoms in total. The number of rotatable bonds is 11. The van der Waals surface area contributed by atoms with Crippen molar-refractivity contribution in [3.05, 3.63) is 31.4 Å². The van der Waals surface area contributed by atoms with Gasteiger partial charge in [0.2, 0.25) is 6.33 Å². The Morgan fingerprint density at radius 2 is 1.61 bits per heavy atom. The molecule has 0 saturated heterocycles. The van der Waals surface area contributed by atoms with E-state index in [1.807, 2.05) is 6.08 Å². The van der Waals surface area contributed by atoms with E-state index in [9.17, 15) is 0 Å². The molecule has 0 bridgehead atoms. The van der Waals surface area contributed by atoms with E-state index >= 15 is 0 Å². The molecule has 0 aliphatic rings. The van der Waals surface area contributed by atoms with Crippen LogP contribution in [-0.2, 0) is 13.6 Å². The minimum atomic E-state index is 1.17. The van der Waals surface area contributed by atoms with E-state index in [1.165, 1.54) is 64.3 Å². The average Bonchev–Trinajstić information content (AvgIpc) is 2.77. The zero-order valence-corrected chi connectivity index (χ0v) is 12.0. The number of hydrogen-bond donors (Lipinski definition) is 0. The largest absolute Gasteiger partial charge is 0.243 e. The molecule has 1 aromatic heterocycles. The lowest BCUT2D eigenvalue weighted by atomic mass is 10.1. The Morgan fingerprint density at radius 3 is 2.17 bits per heavy atom. The molecule has 0 atom stereocenters. The highest BCUT2D eigenvalue weighted by molar-refractivity contribution is 4.66. The maximum absolute atomic E-state index is 3.75. The predicted octanol–water partition coefficient (Wildman–Crippen LogP) is 4.01. The van der Waals surface area contributed by atoms with Crippen LogP contribution >= 0.6 is 0 Å². The van der Waals surface area contributed by atoms with Gasteiger partial charge in [0.1, 0.15) is 12.4 Å². The Hall–Kier alpha value is -1.05. The van der Waals surface area contributed by atoms with Crippen LogP contribution in [0.2, 0.25) is 0 Å². The van der Waals surface area contributed by atoms with Crippen molar-refractivity contribution in [2.24, 2.45) is 7.05 Å². The number of allylic oxidation sites excluding steroid dienone is 1. The van der Waals surface area contributed by atoms with Crippen molar-refractivity contribution in [3.8, 4) is 0 Å². The molecule has 2 heteroatoms. The fourth-order valence-corrected chi connectivity index (χ4v) is 2.28. The molecule has 102 valence electrons. The van der Waals surface area contributed by atoms with Crippen LogP contribution in [0, 0.1) is 0 Å². The maximum Gasteiger partial charge on any atom is 0.243 e. The molecule has 0 spiro atoms. The van der Waals surface area contributed by atoms with Gasteiger partial charge in [-0.1, -0.05) is 38.2 Å². The molecule has 18 heavy (non-hydrogen) atoms. The lowest BCUT2D eigenvalue weighted by Gasteiger charge is -2.01.